The van der Waals surface area contributed by atoms with E-state index in [1.165, 1.54) is 30.3 Å². The largest absolute Gasteiger partial charge is 0.310 e. The molecule has 3 aromatic rings. The second-order valence-corrected chi connectivity index (χ2v) is 6.04. The van der Waals surface area contributed by atoms with Crippen LogP contribution in [-0.4, -0.2) is 6.71 Å². The fraction of sp³-hybridized carbons (Fsp3) is 0. The first kappa shape index (κ1) is 22.3. The van der Waals surface area contributed by atoms with Crippen molar-refractivity contribution in [2.75, 3.05) is 0 Å². The van der Waals surface area contributed by atoms with Crippen LogP contribution in [0.2, 0.25) is 0 Å². The Balaban J connectivity index is 2.42. The van der Waals surface area contributed by atoms with E-state index in [0.717, 1.165) is 0 Å². The van der Waals surface area contributed by atoms with E-state index in [4.69, 9.17) is 0 Å². The molecule has 0 amide bonds. The third-order valence-electron chi connectivity index (χ3n) is 4.20. The summed E-state index contributed by atoms with van der Waals surface area (Å²) in [6.07, 6.45) is 0. The Morgan fingerprint density at radius 3 is 1.13 bits per heavy atom. The van der Waals surface area contributed by atoms with Crippen molar-refractivity contribution < 1.29 is 43.9 Å². The van der Waals surface area contributed by atoms with Crippen LogP contribution in [0.25, 0.3) is 0 Å². The van der Waals surface area contributed by atoms with Crippen LogP contribution < -0.4 is 10.9 Å². The van der Waals surface area contributed by atoms with Gasteiger partial charge < -0.3 is 0 Å². The lowest BCUT2D eigenvalue weighted by atomic mass is 9.40. The molecule has 0 saturated heterocycles. The van der Waals surface area contributed by atoms with Gasteiger partial charge in [-0.1, -0.05) is 24.1 Å². The van der Waals surface area contributed by atoms with Gasteiger partial charge in [-0.3, -0.25) is 0 Å². The van der Waals surface area contributed by atoms with Crippen molar-refractivity contribution in [1.82, 2.24) is 0 Å². The van der Waals surface area contributed by atoms with Crippen LogP contribution in [0, 0.1) is 69.9 Å². The average molecular weight is 446 g/mol. The molecule has 0 bridgehead atoms. The molecule has 31 heavy (non-hydrogen) atoms. The predicted molar refractivity (Wildman–Crippen MR) is 90.8 cm³/mol. The predicted octanol–water partition coefficient (Wildman–Crippen LogP) is 4.28. The van der Waals surface area contributed by atoms with Crippen LogP contribution in [-0.2, 0) is 0 Å². The van der Waals surface area contributed by atoms with Crippen molar-refractivity contribution in [2.24, 2.45) is 0 Å². The zero-order valence-corrected chi connectivity index (χ0v) is 14.7. The Morgan fingerprint density at radius 1 is 0.452 bits per heavy atom. The number of rotatable bonds is 2. The van der Waals surface area contributed by atoms with E-state index in [1.807, 2.05) is 5.82 Å². The molecule has 0 N–H and O–H groups in total. The van der Waals surface area contributed by atoms with Gasteiger partial charge in [0, 0.05) is 16.5 Å². The standard InChI is InChI=1S/C20H5BF10/c22-11-9(12(23)16(27)19(30)15(11)26)21(7-6-8-4-2-1-3-5-8)10-13(24)17(28)20(31)18(29)14(10)25/h1-5H. The van der Waals surface area contributed by atoms with Crippen LogP contribution in [0.1, 0.15) is 5.56 Å². The molecule has 0 atom stereocenters. The van der Waals surface area contributed by atoms with Gasteiger partial charge in [0.15, 0.2) is 58.2 Å². The first-order valence-corrected chi connectivity index (χ1v) is 8.17. The molecule has 0 heterocycles. The van der Waals surface area contributed by atoms with Gasteiger partial charge in [0.25, 0.3) is 0 Å². The Morgan fingerprint density at radius 2 is 0.774 bits per heavy atom. The molecule has 158 valence electrons. The van der Waals surface area contributed by atoms with Gasteiger partial charge in [-0.15, -0.1) is 5.82 Å². The summed E-state index contributed by atoms with van der Waals surface area (Å²) < 4.78 is 139. The van der Waals surface area contributed by atoms with Gasteiger partial charge in [0.1, 0.15) is 0 Å². The molecule has 0 fully saturated rings. The van der Waals surface area contributed by atoms with E-state index in [1.54, 1.807) is 0 Å². The number of hydrogen-bond donors (Lipinski definition) is 0. The minimum absolute atomic E-state index is 0.0558. The highest BCUT2D eigenvalue weighted by molar-refractivity contribution is 6.91. The fourth-order valence-corrected chi connectivity index (χ4v) is 2.72. The van der Waals surface area contributed by atoms with E-state index in [0.29, 0.717) is 0 Å². The van der Waals surface area contributed by atoms with Crippen molar-refractivity contribution in [3.05, 3.63) is 94.1 Å². The molecule has 0 aliphatic carbocycles. The number of benzene rings is 3. The second kappa shape index (κ2) is 8.37. The maximum absolute atomic E-state index is 14.3. The van der Waals surface area contributed by atoms with Gasteiger partial charge in [-0.05, 0) is 12.1 Å². The second-order valence-electron chi connectivity index (χ2n) is 6.04. The number of halogens is 10. The van der Waals surface area contributed by atoms with Gasteiger partial charge >= 0.3 is 6.71 Å². The van der Waals surface area contributed by atoms with Crippen molar-refractivity contribution in [3.63, 3.8) is 0 Å². The Labute approximate surface area is 168 Å². The van der Waals surface area contributed by atoms with Gasteiger partial charge in [-0.2, -0.15) is 0 Å². The van der Waals surface area contributed by atoms with Crippen molar-refractivity contribution in [3.8, 4) is 11.7 Å². The third-order valence-corrected chi connectivity index (χ3v) is 4.20. The SMILES string of the molecule is Fc1c(F)c(F)c(B(C#Cc2ccccc2)c2c(F)c(F)c(F)c(F)c2F)c(F)c1F. The fourth-order valence-electron chi connectivity index (χ4n) is 2.72. The molecule has 11 heteroatoms. The Bertz CT molecular complexity index is 1120. The minimum atomic E-state index is -2.74. The molecule has 0 aromatic heterocycles. The molecule has 0 radical (unpaired) electrons. The molecule has 0 nitrogen and oxygen atoms in total. The monoisotopic (exact) mass is 446 g/mol. The van der Waals surface area contributed by atoms with Crippen molar-refractivity contribution in [1.29, 1.82) is 0 Å². The lowest BCUT2D eigenvalue weighted by Gasteiger charge is -2.15. The minimum Gasteiger partial charge on any atom is -0.204 e. The van der Waals surface area contributed by atoms with Crippen LogP contribution in [0.4, 0.5) is 43.9 Å². The maximum Gasteiger partial charge on any atom is 0.310 e. The Kier molecular flexibility index (Phi) is 6.02. The van der Waals surface area contributed by atoms with Gasteiger partial charge in [0.2, 0.25) is 0 Å². The maximum atomic E-state index is 14.3. The summed E-state index contributed by atoms with van der Waals surface area (Å²) >= 11 is 0. The Hall–Kier alpha value is -3.42. The molecule has 3 aromatic carbocycles. The lowest BCUT2D eigenvalue weighted by Crippen LogP contribution is -2.50. The lowest BCUT2D eigenvalue weighted by molar-refractivity contribution is 0.382. The van der Waals surface area contributed by atoms with Crippen LogP contribution in [0.5, 0.6) is 0 Å². The zero-order chi connectivity index (χ0) is 23.0. The quantitative estimate of drug-likeness (QED) is 0.181. The molecule has 0 aliphatic rings. The topological polar surface area (TPSA) is 0 Å². The molecular weight excluding hydrogens is 441 g/mol. The van der Waals surface area contributed by atoms with E-state index in [2.05, 4.69) is 5.92 Å². The normalized spacial score (nSPS) is 10.6. The smallest absolute Gasteiger partial charge is 0.204 e. The summed E-state index contributed by atoms with van der Waals surface area (Å²) in [5, 5.41) is 0. The molecule has 0 saturated carbocycles. The van der Waals surface area contributed by atoms with Crippen molar-refractivity contribution in [2.45, 2.75) is 0 Å². The summed E-state index contributed by atoms with van der Waals surface area (Å²) in [5.74, 6) is -21.2. The summed E-state index contributed by atoms with van der Waals surface area (Å²) in [7, 11) is 0. The first-order valence-electron chi connectivity index (χ1n) is 8.17. The van der Waals surface area contributed by atoms with Crippen LogP contribution >= 0.6 is 0 Å². The highest BCUT2D eigenvalue weighted by Gasteiger charge is 2.39. The highest BCUT2D eigenvalue weighted by atomic mass is 19.2. The third kappa shape index (κ3) is 3.74. The van der Waals surface area contributed by atoms with Crippen molar-refractivity contribution >= 4 is 17.6 Å². The van der Waals surface area contributed by atoms with E-state index < -0.39 is 75.8 Å². The molecular formula is C20H5BF10. The summed E-state index contributed by atoms with van der Waals surface area (Å²) in [6, 6.07) is 6.99. The molecule has 0 aliphatic heterocycles. The average Bonchev–Trinajstić information content (AvgIpc) is 2.77. The molecule has 0 spiro atoms. The zero-order valence-electron chi connectivity index (χ0n) is 14.7. The summed E-state index contributed by atoms with van der Waals surface area (Å²) in [5.41, 5.74) is -3.69. The molecule has 0 unspecified atom stereocenters. The van der Waals surface area contributed by atoms with E-state index in [-0.39, 0.29) is 5.56 Å². The summed E-state index contributed by atoms with van der Waals surface area (Å²) in [4.78, 5) is 0. The number of hydrogen-bond acceptors (Lipinski definition) is 0. The van der Waals surface area contributed by atoms with Crippen LogP contribution in [0.3, 0.4) is 0 Å². The molecule has 3 rings (SSSR count). The van der Waals surface area contributed by atoms with Gasteiger partial charge in [0.05, 0.1) is 0 Å². The summed E-state index contributed by atoms with van der Waals surface area (Å²) in [6.45, 7) is -2.74. The van der Waals surface area contributed by atoms with Gasteiger partial charge in [-0.25, -0.2) is 43.9 Å². The van der Waals surface area contributed by atoms with E-state index >= 15 is 0 Å². The first-order chi connectivity index (χ1) is 14.6. The van der Waals surface area contributed by atoms with Crippen LogP contribution in [0.15, 0.2) is 30.3 Å². The van der Waals surface area contributed by atoms with E-state index in [9.17, 15) is 43.9 Å². The highest BCUT2D eigenvalue weighted by Crippen LogP contribution is 2.20.